The summed E-state index contributed by atoms with van der Waals surface area (Å²) in [6.07, 6.45) is 0.153. The smallest absolute Gasteiger partial charge is 0.320 e. The van der Waals surface area contributed by atoms with Gasteiger partial charge in [0, 0.05) is 64.5 Å². The summed E-state index contributed by atoms with van der Waals surface area (Å²) in [7, 11) is 0. The molecule has 1 N–H and O–H groups in total. The third kappa shape index (κ3) is 4.37. The van der Waals surface area contributed by atoms with Crippen LogP contribution in [0.3, 0.4) is 0 Å². The number of hydrogen-bond acceptors (Lipinski definition) is 3. The molecule has 1 aliphatic heterocycles. The van der Waals surface area contributed by atoms with Gasteiger partial charge in [-0.2, -0.15) is 0 Å². The van der Waals surface area contributed by atoms with Crippen LogP contribution < -0.4 is 0 Å². The molecule has 1 rings (SSSR count). The van der Waals surface area contributed by atoms with Crippen molar-refractivity contribution in [3.05, 3.63) is 0 Å². The predicted molar refractivity (Wildman–Crippen MR) is 49.8 cm³/mol. The van der Waals surface area contributed by atoms with Gasteiger partial charge >= 0.3 is 5.97 Å². The number of rotatable bonds is 2. The second-order valence-electron chi connectivity index (χ2n) is 3.19. The van der Waals surface area contributed by atoms with Gasteiger partial charge < -0.3 is 9.84 Å². The van der Waals surface area contributed by atoms with Crippen LogP contribution in [0.4, 0.5) is 0 Å². The number of carboxylic acid groups (broad SMARTS) is 1. The molecule has 0 aromatic heterocycles. The van der Waals surface area contributed by atoms with E-state index in [0.717, 1.165) is 6.54 Å². The van der Waals surface area contributed by atoms with Crippen molar-refractivity contribution in [3.63, 3.8) is 0 Å². The zero-order chi connectivity index (χ0) is 9.14. The minimum Gasteiger partial charge on any atom is -0.480 e. The minimum absolute atomic E-state index is 0. The van der Waals surface area contributed by atoms with Crippen LogP contribution in [0.5, 0.6) is 0 Å². The van der Waals surface area contributed by atoms with E-state index >= 15 is 0 Å². The minimum atomic E-state index is -0.760. The molecule has 0 amide bonds. The van der Waals surface area contributed by atoms with Gasteiger partial charge in [0.2, 0.25) is 0 Å². The number of morpholine rings is 1. The third-order valence-electron chi connectivity index (χ3n) is 2.18. The van der Waals surface area contributed by atoms with Gasteiger partial charge in [-0.25, -0.2) is 0 Å². The van der Waals surface area contributed by atoms with E-state index in [1.165, 1.54) is 0 Å². The van der Waals surface area contributed by atoms with E-state index in [4.69, 9.17) is 9.84 Å². The second kappa shape index (κ2) is 6.50. The van der Waals surface area contributed by atoms with Crippen LogP contribution in [0, 0.1) is 0 Å². The topological polar surface area (TPSA) is 49.8 Å². The first-order valence-corrected chi connectivity index (χ1v) is 4.19. The summed E-state index contributed by atoms with van der Waals surface area (Å²) in [6, 6.07) is -0.392. The average molecular weight is 212 g/mol. The quantitative estimate of drug-likeness (QED) is 0.644. The van der Waals surface area contributed by atoms with E-state index in [1.807, 2.05) is 11.8 Å². The molecule has 13 heavy (non-hydrogen) atoms. The summed E-state index contributed by atoms with van der Waals surface area (Å²) in [5, 5.41) is 8.74. The summed E-state index contributed by atoms with van der Waals surface area (Å²) in [5.74, 6) is -0.760. The second-order valence-corrected chi connectivity index (χ2v) is 3.19. The predicted octanol–water partition coefficient (Wildman–Crippen LogP) is -0.201. The maximum Gasteiger partial charge on any atom is 0.320 e. The van der Waals surface area contributed by atoms with E-state index in [9.17, 15) is 4.79 Å². The Hall–Kier alpha value is 1.03. The molecule has 0 aromatic carbocycles. The van der Waals surface area contributed by atoms with Crippen LogP contribution >= 0.6 is 0 Å². The normalized spacial score (nSPS) is 26.2. The molecule has 71 valence electrons. The van der Waals surface area contributed by atoms with E-state index in [0.29, 0.717) is 13.2 Å². The monoisotopic (exact) mass is 212 g/mol. The zero-order valence-corrected chi connectivity index (χ0v) is 11.6. The fraction of sp³-hybridized carbons (Fsp3) is 0.875. The summed E-state index contributed by atoms with van der Waals surface area (Å²) < 4.78 is 5.30. The van der Waals surface area contributed by atoms with Crippen LogP contribution in [-0.4, -0.2) is 99.2 Å². The molecule has 0 aromatic rings. The number of aliphatic carboxylic acids is 1. The maximum atomic E-state index is 10.6. The van der Waals surface area contributed by atoms with E-state index in [1.54, 1.807) is 6.92 Å². The number of carbonyl (C=O) groups is 1. The van der Waals surface area contributed by atoms with E-state index in [-0.39, 0.29) is 57.5 Å². The Morgan fingerprint density at radius 1 is 1.69 bits per heavy atom. The summed E-state index contributed by atoms with van der Waals surface area (Å²) in [5.41, 5.74) is 0. The Balaban J connectivity index is 0.00000144. The van der Waals surface area contributed by atoms with Crippen molar-refractivity contribution < 1.29 is 14.6 Å². The largest absolute Gasteiger partial charge is 0.480 e. The summed E-state index contributed by atoms with van der Waals surface area (Å²) in [4.78, 5) is 12.5. The van der Waals surface area contributed by atoms with Crippen LogP contribution in [0.25, 0.3) is 0 Å². The standard InChI is InChI=1S/C8H15NO3.K/c1-6-5-9(3-4-12-6)7(2)8(10)11;/h6-7H,3-5H2,1-2H3,(H,10,11);. The first-order chi connectivity index (χ1) is 5.61. The zero-order valence-electron chi connectivity index (χ0n) is 8.49. The fourth-order valence-corrected chi connectivity index (χ4v) is 1.35. The SMILES string of the molecule is CC1CN(C(C)C(=O)O)CCO1.[K]. The molecule has 1 radical (unpaired) electrons. The Kier molecular flexibility index (Phi) is 7.01. The Morgan fingerprint density at radius 2 is 2.31 bits per heavy atom. The molecule has 2 atom stereocenters. The first-order valence-electron chi connectivity index (χ1n) is 4.19. The number of ether oxygens (including phenoxy) is 1. The van der Waals surface area contributed by atoms with Gasteiger partial charge in [-0.15, -0.1) is 0 Å². The van der Waals surface area contributed by atoms with Crippen LogP contribution in [0.15, 0.2) is 0 Å². The molecule has 5 heteroatoms. The molecule has 1 heterocycles. The molecule has 4 nitrogen and oxygen atoms in total. The Morgan fingerprint density at radius 3 is 2.77 bits per heavy atom. The number of carboxylic acids is 1. The van der Waals surface area contributed by atoms with Gasteiger partial charge in [0.05, 0.1) is 12.7 Å². The van der Waals surface area contributed by atoms with Crippen molar-refractivity contribution in [2.75, 3.05) is 19.7 Å². The van der Waals surface area contributed by atoms with Crippen LogP contribution in [0.1, 0.15) is 13.8 Å². The van der Waals surface area contributed by atoms with Crippen molar-refractivity contribution in [3.8, 4) is 0 Å². The molecule has 0 bridgehead atoms. The molecular weight excluding hydrogens is 197 g/mol. The van der Waals surface area contributed by atoms with Gasteiger partial charge in [0.1, 0.15) is 6.04 Å². The van der Waals surface area contributed by atoms with Gasteiger partial charge in [-0.3, -0.25) is 9.69 Å². The van der Waals surface area contributed by atoms with Crippen molar-refractivity contribution >= 4 is 57.4 Å². The van der Waals surface area contributed by atoms with Crippen molar-refractivity contribution in [1.82, 2.24) is 4.90 Å². The van der Waals surface area contributed by atoms with Gasteiger partial charge in [0.25, 0.3) is 0 Å². The molecular formula is C8H15KNO3. The molecule has 2 unspecified atom stereocenters. The number of nitrogens with zero attached hydrogens (tertiary/aromatic N) is 1. The third-order valence-corrected chi connectivity index (χ3v) is 2.18. The van der Waals surface area contributed by atoms with Crippen LogP contribution in [0.2, 0.25) is 0 Å². The fourth-order valence-electron chi connectivity index (χ4n) is 1.35. The first kappa shape index (κ1) is 14.0. The summed E-state index contributed by atoms with van der Waals surface area (Å²) in [6.45, 7) is 5.74. The maximum absolute atomic E-state index is 10.6. The molecule has 0 spiro atoms. The Bertz CT molecular complexity index is 177. The average Bonchev–Trinajstić information content (AvgIpc) is 2.03. The Labute approximate surface area is 121 Å². The van der Waals surface area contributed by atoms with E-state index in [2.05, 4.69) is 0 Å². The molecule has 1 saturated heterocycles. The van der Waals surface area contributed by atoms with Gasteiger partial charge in [-0.1, -0.05) is 0 Å². The van der Waals surface area contributed by atoms with Crippen molar-refractivity contribution in [2.45, 2.75) is 26.0 Å². The van der Waals surface area contributed by atoms with Crippen molar-refractivity contribution in [1.29, 1.82) is 0 Å². The van der Waals surface area contributed by atoms with Crippen LogP contribution in [-0.2, 0) is 9.53 Å². The van der Waals surface area contributed by atoms with Crippen molar-refractivity contribution in [2.24, 2.45) is 0 Å². The molecule has 1 aliphatic rings. The molecule has 0 saturated carbocycles. The van der Waals surface area contributed by atoms with Gasteiger partial charge in [0.15, 0.2) is 0 Å². The van der Waals surface area contributed by atoms with E-state index < -0.39 is 12.0 Å². The molecule has 0 aliphatic carbocycles. The summed E-state index contributed by atoms with van der Waals surface area (Å²) >= 11 is 0. The number of hydrogen-bond donors (Lipinski definition) is 1. The van der Waals surface area contributed by atoms with Gasteiger partial charge in [-0.05, 0) is 13.8 Å². The molecule has 1 fully saturated rings.